The highest BCUT2D eigenvalue weighted by Gasteiger charge is 2.55. The van der Waals surface area contributed by atoms with Crippen LogP contribution in [0.3, 0.4) is 0 Å². The first-order valence-corrected chi connectivity index (χ1v) is 11.6. The molecule has 0 aliphatic carbocycles. The Balaban J connectivity index is 1.26. The number of piperidine rings is 1. The van der Waals surface area contributed by atoms with Gasteiger partial charge >= 0.3 is 0 Å². The zero-order chi connectivity index (χ0) is 20.5. The van der Waals surface area contributed by atoms with Gasteiger partial charge in [-0.2, -0.15) is 0 Å². The van der Waals surface area contributed by atoms with Gasteiger partial charge in [0, 0.05) is 48.6 Å². The van der Waals surface area contributed by atoms with Crippen LogP contribution in [0.1, 0.15) is 52.5 Å². The maximum absolute atomic E-state index is 13.7. The van der Waals surface area contributed by atoms with Crippen LogP contribution in [0.4, 0.5) is 0 Å². The lowest BCUT2D eigenvalue weighted by molar-refractivity contribution is -0.146. The second kappa shape index (κ2) is 6.56. The van der Waals surface area contributed by atoms with Crippen molar-refractivity contribution >= 4 is 23.6 Å². The third-order valence-corrected chi connectivity index (χ3v) is 8.52. The first kappa shape index (κ1) is 18.4. The number of nitrogens with zero attached hydrogens (tertiary/aromatic N) is 3. The summed E-state index contributed by atoms with van der Waals surface area (Å²) in [5, 5.41) is 11.3. The van der Waals surface area contributed by atoms with Crippen LogP contribution in [0.5, 0.6) is 0 Å². The van der Waals surface area contributed by atoms with E-state index < -0.39 is 11.6 Å². The molecule has 2 bridgehead atoms. The minimum atomic E-state index is -0.918. The van der Waals surface area contributed by atoms with Crippen molar-refractivity contribution in [2.45, 2.75) is 54.8 Å². The largest absolute Gasteiger partial charge is 0.385 e. The zero-order valence-corrected chi connectivity index (χ0v) is 17.3. The van der Waals surface area contributed by atoms with E-state index in [0.717, 1.165) is 29.5 Å². The molecule has 1 aromatic heterocycles. The first-order chi connectivity index (χ1) is 14.6. The second-order valence-electron chi connectivity index (χ2n) is 8.81. The standard InChI is InChI=1S/C23H23N3O3S/c27-20-17-3-1-2-4-18(17)22-26(20)19(13-30-22)21(28)25-15-5-6-16(25)12-23(29,11-15)14-7-9-24-10-8-14/h1-4,7-10,15-16,19,22,29H,5-6,11-13H2/t15-,16-,19+,22+/m0/s1. The number of hydrogen-bond donors (Lipinski definition) is 1. The number of benzene rings is 1. The molecule has 1 N–H and O–H groups in total. The van der Waals surface area contributed by atoms with Crippen molar-refractivity contribution < 1.29 is 14.7 Å². The number of carbonyl (C=O) groups excluding carboxylic acids is 2. The molecule has 154 valence electrons. The molecule has 3 fully saturated rings. The van der Waals surface area contributed by atoms with E-state index in [1.165, 1.54) is 0 Å². The number of fused-ring (bicyclic) bond motifs is 5. The molecule has 2 amide bonds. The van der Waals surface area contributed by atoms with E-state index >= 15 is 0 Å². The lowest BCUT2D eigenvalue weighted by Gasteiger charge is -2.45. The van der Waals surface area contributed by atoms with Crippen LogP contribution in [0.25, 0.3) is 0 Å². The van der Waals surface area contributed by atoms with Gasteiger partial charge in [-0.15, -0.1) is 11.8 Å². The summed E-state index contributed by atoms with van der Waals surface area (Å²) in [6.07, 6.45) is 6.30. The molecule has 4 atom stereocenters. The Morgan fingerprint density at radius 2 is 1.80 bits per heavy atom. The average molecular weight is 422 g/mol. The van der Waals surface area contributed by atoms with Crippen molar-refractivity contribution in [1.29, 1.82) is 0 Å². The summed E-state index contributed by atoms with van der Waals surface area (Å²) in [5.74, 6) is 0.653. The van der Waals surface area contributed by atoms with Gasteiger partial charge in [-0.05, 0) is 42.2 Å². The highest BCUT2D eigenvalue weighted by molar-refractivity contribution is 7.99. The fourth-order valence-corrected chi connectivity index (χ4v) is 7.34. The fourth-order valence-electron chi connectivity index (χ4n) is 5.89. The Bertz CT molecular complexity index is 1020. The Hall–Kier alpha value is -2.38. The normalized spacial score (nSPS) is 34.2. The van der Waals surface area contributed by atoms with Gasteiger partial charge in [0.05, 0.1) is 5.60 Å². The summed E-state index contributed by atoms with van der Waals surface area (Å²) in [6, 6.07) is 11.0. The topological polar surface area (TPSA) is 73.7 Å². The first-order valence-electron chi connectivity index (χ1n) is 10.5. The molecule has 0 radical (unpaired) electrons. The highest BCUT2D eigenvalue weighted by atomic mass is 32.2. The van der Waals surface area contributed by atoms with Gasteiger partial charge in [0.2, 0.25) is 5.91 Å². The Kier molecular flexibility index (Phi) is 4.02. The summed E-state index contributed by atoms with van der Waals surface area (Å²) in [7, 11) is 0. The number of aliphatic hydroxyl groups is 1. The summed E-state index contributed by atoms with van der Waals surface area (Å²) >= 11 is 1.68. The molecule has 4 aliphatic rings. The van der Waals surface area contributed by atoms with E-state index in [1.807, 2.05) is 41.3 Å². The van der Waals surface area contributed by atoms with E-state index in [0.29, 0.717) is 18.6 Å². The summed E-state index contributed by atoms with van der Waals surface area (Å²) in [5.41, 5.74) is 1.71. The lowest BCUT2D eigenvalue weighted by atomic mass is 9.80. The van der Waals surface area contributed by atoms with Crippen molar-refractivity contribution in [3.05, 3.63) is 65.5 Å². The average Bonchev–Trinajstić information content (AvgIpc) is 3.41. The molecule has 0 unspecified atom stereocenters. The number of pyridine rings is 1. The van der Waals surface area contributed by atoms with Gasteiger partial charge in [0.15, 0.2) is 0 Å². The molecule has 5 heterocycles. The quantitative estimate of drug-likeness (QED) is 0.807. The molecule has 4 aliphatic heterocycles. The number of amides is 2. The van der Waals surface area contributed by atoms with Crippen LogP contribution in [-0.4, -0.2) is 55.6 Å². The van der Waals surface area contributed by atoms with E-state index in [1.54, 1.807) is 29.1 Å². The van der Waals surface area contributed by atoms with Gasteiger partial charge in [-0.3, -0.25) is 14.6 Å². The monoisotopic (exact) mass is 421 g/mol. The van der Waals surface area contributed by atoms with Crippen LogP contribution < -0.4 is 0 Å². The van der Waals surface area contributed by atoms with Crippen LogP contribution in [-0.2, 0) is 10.4 Å². The predicted molar refractivity (Wildman–Crippen MR) is 113 cm³/mol. The molecule has 0 saturated carbocycles. The number of aromatic nitrogens is 1. The van der Waals surface area contributed by atoms with Crippen molar-refractivity contribution in [3.8, 4) is 0 Å². The predicted octanol–water partition coefficient (Wildman–Crippen LogP) is 2.69. The molecule has 1 aromatic carbocycles. The molecule has 2 aromatic rings. The Labute approximate surface area is 179 Å². The lowest BCUT2D eigenvalue weighted by Crippen LogP contribution is -2.57. The Morgan fingerprint density at radius 1 is 1.10 bits per heavy atom. The molecule has 6 nitrogen and oxygen atoms in total. The molecular weight excluding hydrogens is 398 g/mol. The van der Waals surface area contributed by atoms with Gasteiger partial charge in [0.1, 0.15) is 11.4 Å². The Morgan fingerprint density at radius 3 is 2.53 bits per heavy atom. The highest BCUT2D eigenvalue weighted by Crippen LogP contribution is 2.51. The van der Waals surface area contributed by atoms with Gasteiger partial charge < -0.3 is 14.9 Å². The maximum Gasteiger partial charge on any atom is 0.256 e. The van der Waals surface area contributed by atoms with Crippen LogP contribution >= 0.6 is 11.8 Å². The van der Waals surface area contributed by atoms with Crippen molar-refractivity contribution in [2.24, 2.45) is 0 Å². The third kappa shape index (κ3) is 2.51. The molecular formula is C23H23N3O3S. The minimum Gasteiger partial charge on any atom is -0.385 e. The zero-order valence-electron chi connectivity index (χ0n) is 16.5. The van der Waals surface area contributed by atoms with E-state index in [4.69, 9.17) is 0 Å². The summed E-state index contributed by atoms with van der Waals surface area (Å²) < 4.78 is 0. The maximum atomic E-state index is 13.7. The molecule has 0 spiro atoms. The number of thioether (sulfide) groups is 1. The van der Waals surface area contributed by atoms with Crippen molar-refractivity contribution in [1.82, 2.24) is 14.8 Å². The van der Waals surface area contributed by atoms with E-state index in [9.17, 15) is 14.7 Å². The van der Waals surface area contributed by atoms with Gasteiger partial charge in [-0.1, -0.05) is 18.2 Å². The van der Waals surface area contributed by atoms with Gasteiger partial charge in [-0.25, -0.2) is 0 Å². The number of carbonyl (C=O) groups is 2. The third-order valence-electron chi connectivity index (χ3n) is 7.22. The fraction of sp³-hybridized carbons (Fsp3) is 0.435. The van der Waals surface area contributed by atoms with Crippen LogP contribution in [0.15, 0.2) is 48.8 Å². The molecule has 7 heteroatoms. The molecule has 6 rings (SSSR count). The van der Waals surface area contributed by atoms with Crippen LogP contribution in [0, 0.1) is 0 Å². The van der Waals surface area contributed by atoms with Crippen LogP contribution in [0.2, 0.25) is 0 Å². The smallest absolute Gasteiger partial charge is 0.256 e. The summed E-state index contributed by atoms with van der Waals surface area (Å²) in [4.78, 5) is 34.6. The SMILES string of the molecule is O=C([C@H]1CS[C@@H]2c3ccccc3C(=O)N12)N1[C@H]2CC[C@H]1CC(O)(c1ccncc1)C2. The van der Waals surface area contributed by atoms with Crippen molar-refractivity contribution in [2.75, 3.05) is 5.75 Å². The van der Waals surface area contributed by atoms with E-state index in [-0.39, 0.29) is 29.3 Å². The molecule has 30 heavy (non-hydrogen) atoms. The molecule has 3 saturated heterocycles. The van der Waals surface area contributed by atoms with Crippen molar-refractivity contribution in [3.63, 3.8) is 0 Å². The summed E-state index contributed by atoms with van der Waals surface area (Å²) in [6.45, 7) is 0. The van der Waals surface area contributed by atoms with E-state index in [2.05, 4.69) is 4.98 Å². The number of rotatable bonds is 2. The second-order valence-corrected chi connectivity index (χ2v) is 9.92. The van der Waals surface area contributed by atoms with Gasteiger partial charge in [0.25, 0.3) is 5.91 Å². The number of hydrogen-bond acceptors (Lipinski definition) is 5. The minimum absolute atomic E-state index is 0.0125.